The van der Waals surface area contributed by atoms with Gasteiger partial charge in [-0.3, -0.25) is 19.3 Å². The zero-order chi connectivity index (χ0) is 19.4. The Bertz CT molecular complexity index is 1020. The van der Waals surface area contributed by atoms with Gasteiger partial charge in [-0.15, -0.1) is 0 Å². The number of nitrogens with one attached hydrogen (secondary N) is 1. The van der Waals surface area contributed by atoms with Crippen molar-refractivity contribution in [3.8, 4) is 5.75 Å². The van der Waals surface area contributed by atoms with E-state index in [2.05, 4.69) is 10.3 Å². The summed E-state index contributed by atoms with van der Waals surface area (Å²) >= 11 is 0. The van der Waals surface area contributed by atoms with E-state index in [0.29, 0.717) is 5.75 Å². The van der Waals surface area contributed by atoms with Gasteiger partial charge in [0.25, 0.3) is 0 Å². The van der Waals surface area contributed by atoms with Crippen molar-refractivity contribution in [3.05, 3.63) is 74.9 Å². The largest absolute Gasteiger partial charge is 0.491 e. The van der Waals surface area contributed by atoms with Crippen LogP contribution in [0, 0.1) is 15.9 Å². The number of nitro groups is 1. The van der Waals surface area contributed by atoms with E-state index in [-0.39, 0.29) is 24.6 Å². The lowest BCUT2D eigenvalue weighted by Gasteiger charge is -2.14. The average molecular weight is 374 g/mol. The summed E-state index contributed by atoms with van der Waals surface area (Å²) in [7, 11) is 0. The van der Waals surface area contributed by atoms with Gasteiger partial charge < -0.3 is 15.2 Å². The number of aliphatic hydroxyl groups excluding tert-OH is 1. The number of pyridine rings is 1. The molecule has 9 nitrogen and oxygen atoms in total. The third kappa shape index (κ3) is 4.18. The molecule has 0 saturated heterocycles. The van der Waals surface area contributed by atoms with Gasteiger partial charge >= 0.3 is 11.2 Å². The van der Waals surface area contributed by atoms with Crippen LogP contribution in [0.2, 0.25) is 0 Å². The number of ether oxygens (including phenoxy) is 1. The number of anilines is 1. The van der Waals surface area contributed by atoms with E-state index in [4.69, 9.17) is 4.74 Å². The second kappa shape index (κ2) is 7.79. The van der Waals surface area contributed by atoms with Crippen LogP contribution in [-0.4, -0.2) is 38.7 Å². The highest BCUT2D eigenvalue weighted by molar-refractivity contribution is 5.59. The third-order valence-corrected chi connectivity index (χ3v) is 3.65. The van der Waals surface area contributed by atoms with Crippen molar-refractivity contribution in [2.75, 3.05) is 18.5 Å². The van der Waals surface area contributed by atoms with E-state index < -0.39 is 28.1 Å². The van der Waals surface area contributed by atoms with Crippen molar-refractivity contribution < 1.29 is 19.2 Å². The third-order valence-electron chi connectivity index (χ3n) is 3.65. The molecule has 0 radical (unpaired) electrons. The van der Waals surface area contributed by atoms with E-state index in [1.807, 2.05) is 0 Å². The molecular weight excluding hydrogens is 359 g/mol. The molecule has 27 heavy (non-hydrogen) atoms. The van der Waals surface area contributed by atoms with Crippen molar-refractivity contribution in [2.45, 2.75) is 6.10 Å². The first kappa shape index (κ1) is 18.3. The summed E-state index contributed by atoms with van der Waals surface area (Å²) < 4.78 is 19.2. The van der Waals surface area contributed by atoms with Crippen molar-refractivity contribution in [3.63, 3.8) is 0 Å². The number of aromatic nitrogens is 2. The van der Waals surface area contributed by atoms with Crippen LogP contribution in [0.15, 0.2) is 53.5 Å². The summed E-state index contributed by atoms with van der Waals surface area (Å²) in [5, 5.41) is 23.9. The van der Waals surface area contributed by atoms with Crippen LogP contribution in [0.25, 0.3) is 5.65 Å². The van der Waals surface area contributed by atoms with Gasteiger partial charge in [0.15, 0.2) is 0 Å². The maximum Gasteiger partial charge on any atom is 0.376 e. The Morgan fingerprint density at radius 1 is 1.30 bits per heavy atom. The van der Waals surface area contributed by atoms with E-state index in [1.54, 1.807) is 12.1 Å². The highest BCUT2D eigenvalue weighted by Gasteiger charge is 2.23. The van der Waals surface area contributed by atoms with Crippen LogP contribution in [0.5, 0.6) is 5.75 Å². The molecule has 140 valence electrons. The number of rotatable bonds is 7. The number of hydrogen-bond acceptors (Lipinski definition) is 7. The minimum absolute atomic E-state index is 0.140. The zero-order valence-corrected chi connectivity index (χ0v) is 13.9. The van der Waals surface area contributed by atoms with E-state index in [0.717, 1.165) is 4.40 Å². The normalized spacial score (nSPS) is 11.9. The maximum atomic E-state index is 12.8. The lowest BCUT2D eigenvalue weighted by molar-refractivity contribution is -0.385. The molecule has 0 aliphatic carbocycles. The smallest absolute Gasteiger partial charge is 0.376 e. The quantitative estimate of drug-likeness (QED) is 0.476. The summed E-state index contributed by atoms with van der Waals surface area (Å²) in [5.41, 5.74) is -1.32. The Hall–Kier alpha value is -3.53. The topological polar surface area (TPSA) is 119 Å². The molecule has 2 heterocycles. The van der Waals surface area contributed by atoms with Gasteiger partial charge in [-0.05, 0) is 36.4 Å². The number of hydrogen-bond donors (Lipinski definition) is 2. The summed E-state index contributed by atoms with van der Waals surface area (Å²) in [6.07, 6.45) is 0.331. The number of fused-ring (bicyclic) bond motifs is 1. The van der Waals surface area contributed by atoms with Gasteiger partial charge in [-0.25, -0.2) is 9.37 Å². The lowest BCUT2D eigenvalue weighted by Crippen LogP contribution is -2.28. The van der Waals surface area contributed by atoms with E-state index >= 15 is 0 Å². The molecular formula is C17H15FN4O5. The fraction of sp³-hybridized carbons (Fsp3) is 0.176. The van der Waals surface area contributed by atoms with Crippen LogP contribution >= 0.6 is 0 Å². The SMILES string of the molecule is O=c1c([N+](=O)[O-])c(NCC(O)COc2ccc(F)cc2)nc2ccccn12. The molecule has 0 bridgehead atoms. The van der Waals surface area contributed by atoms with Gasteiger partial charge in [0.1, 0.15) is 29.9 Å². The Labute approximate surface area is 151 Å². The maximum absolute atomic E-state index is 12.8. The van der Waals surface area contributed by atoms with E-state index in [9.17, 15) is 24.4 Å². The summed E-state index contributed by atoms with van der Waals surface area (Å²) in [4.78, 5) is 26.8. The molecule has 2 N–H and O–H groups in total. The molecule has 3 aromatic rings. The highest BCUT2D eigenvalue weighted by atomic mass is 19.1. The van der Waals surface area contributed by atoms with Gasteiger partial charge in [0.05, 0.1) is 4.92 Å². The van der Waals surface area contributed by atoms with Crippen molar-refractivity contribution in [2.24, 2.45) is 0 Å². The first-order valence-electron chi connectivity index (χ1n) is 7.92. The molecule has 0 aliphatic heterocycles. The predicted octanol–water partition coefficient (Wildman–Crippen LogP) is 1.59. The van der Waals surface area contributed by atoms with Crippen LogP contribution in [0.1, 0.15) is 0 Å². The Balaban J connectivity index is 1.72. The number of benzene rings is 1. The molecule has 1 atom stereocenters. The molecule has 0 saturated carbocycles. The molecule has 10 heteroatoms. The highest BCUT2D eigenvalue weighted by Crippen LogP contribution is 2.18. The van der Waals surface area contributed by atoms with Crippen molar-refractivity contribution >= 4 is 17.2 Å². The summed E-state index contributed by atoms with van der Waals surface area (Å²) in [6.45, 7) is -0.281. The van der Waals surface area contributed by atoms with Crippen molar-refractivity contribution in [1.82, 2.24) is 9.38 Å². The lowest BCUT2D eigenvalue weighted by atomic mass is 10.3. The van der Waals surface area contributed by atoms with Crippen LogP contribution in [-0.2, 0) is 0 Å². The standard InChI is InChI=1S/C17H15FN4O5/c18-11-4-6-13(7-5-11)27-10-12(23)9-19-16-15(22(25)26)17(24)21-8-2-1-3-14(21)20-16/h1-8,12,19,23H,9-10H2. The molecule has 0 amide bonds. The van der Waals surface area contributed by atoms with Crippen molar-refractivity contribution in [1.29, 1.82) is 0 Å². The van der Waals surface area contributed by atoms with Gasteiger partial charge in [0.2, 0.25) is 5.82 Å². The summed E-state index contributed by atoms with van der Waals surface area (Å²) in [6, 6.07) is 9.99. The Kier molecular flexibility index (Phi) is 5.27. The number of aliphatic hydroxyl groups is 1. The molecule has 3 rings (SSSR count). The molecule has 0 spiro atoms. The zero-order valence-electron chi connectivity index (χ0n) is 13.9. The van der Waals surface area contributed by atoms with Crippen LogP contribution < -0.4 is 15.6 Å². The second-order valence-electron chi connectivity index (χ2n) is 5.60. The van der Waals surface area contributed by atoms with Gasteiger partial charge in [0, 0.05) is 12.7 Å². The molecule has 0 aliphatic rings. The monoisotopic (exact) mass is 374 g/mol. The van der Waals surface area contributed by atoms with Crippen LogP contribution in [0.3, 0.4) is 0 Å². The first-order chi connectivity index (χ1) is 13.0. The Morgan fingerprint density at radius 3 is 2.74 bits per heavy atom. The Morgan fingerprint density at radius 2 is 2.04 bits per heavy atom. The molecule has 0 fully saturated rings. The predicted molar refractivity (Wildman–Crippen MR) is 94.5 cm³/mol. The minimum Gasteiger partial charge on any atom is -0.491 e. The summed E-state index contributed by atoms with van der Waals surface area (Å²) in [5.74, 6) is -0.286. The molecule has 1 unspecified atom stereocenters. The average Bonchev–Trinajstić information content (AvgIpc) is 2.65. The second-order valence-corrected chi connectivity index (χ2v) is 5.60. The molecule has 1 aromatic carbocycles. The number of halogens is 1. The molecule has 2 aromatic heterocycles. The van der Waals surface area contributed by atoms with Gasteiger partial charge in [-0.2, -0.15) is 0 Å². The number of nitrogens with zero attached hydrogens (tertiary/aromatic N) is 3. The fourth-order valence-electron chi connectivity index (χ4n) is 2.36. The fourth-order valence-corrected chi connectivity index (χ4v) is 2.36. The minimum atomic E-state index is -1.05. The van der Waals surface area contributed by atoms with Crippen LogP contribution in [0.4, 0.5) is 15.9 Å². The van der Waals surface area contributed by atoms with Gasteiger partial charge in [-0.1, -0.05) is 6.07 Å². The van der Waals surface area contributed by atoms with E-state index in [1.165, 1.54) is 36.5 Å². The first-order valence-corrected chi connectivity index (χ1v) is 7.92.